The van der Waals surface area contributed by atoms with Gasteiger partial charge in [-0.2, -0.15) is 0 Å². The Morgan fingerprint density at radius 1 is 1.13 bits per heavy atom. The van der Waals surface area contributed by atoms with Gasteiger partial charge in [0.15, 0.2) is 0 Å². The van der Waals surface area contributed by atoms with Gasteiger partial charge in [0.25, 0.3) is 5.91 Å². The first kappa shape index (κ1) is 15.3. The largest absolute Gasteiger partial charge is 0.430 e. The van der Waals surface area contributed by atoms with Crippen molar-refractivity contribution in [3.05, 3.63) is 58.6 Å². The molecule has 1 fully saturated rings. The van der Waals surface area contributed by atoms with Gasteiger partial charge in [-0.1, -0.05) is 6.92 Å². The van der Waals surface area contributed by atoms with Gasteiger partial charge in [0.2, 0.25) is 0 Å². The molecule has 5 nitrogen and oxygen atoms in total. The number of rotatable bonds is 3. The summed E-state index contributed by atoms with van der Waals surface area (Å²) in [5.41, 5.74) is 1.75. The predicted molar refractivity (Wildman–Crippen MR) is 90.0 cm³/mol. The molecule has 0 spiro atoms. The van der Waals surface area contributed by atoms with Crippen LogP contribution < -0.4 is 15.8 Å². The van der Waals surface area contributed by atoms with Crippen molar-refractivity contribution in [1.29, 1.82) is 0 Å². The van der Waals surface area contributed by atoms with Crippen molar-refractivity contribution >= 4 is 17.3 Å². The summed E-state index contributed by atoms with van der Waals surface area (Å²) in [6.45, 7) is 4.45. The summed E-state index contributed by atoms with van der Waals surface area (Å²) in [5.74, 6) is 0.504. The minimum Gasteiger partial charge on any atom is -0.430 e. The highest BCUT2D eigenvalue weighted by atomic mass is 16.4. The highest BCUT2D eigenvalue weighted by Crippen LogP contribution is 2.24. The van der Waals surface area contributed by atoms with Gasteiger partial charge in [-0.3, -0.25) is 4.79 Å². The standard InChI is InChI=1S/C18H20N2O3/c1-13-8-10-20(11-9-13)16-5-3-15(4-6-16)19-18(22)14-2-7-17(21)23-12-14/h2-7,12-13H,8-11H2,1H3,(H,19,22). The minimum absolute atomic E-state index is 0.298. The lowest BCUT2D eigenvalue weighted by Crippen LogP contribution is -2.32. The molecule has 0 aliphatic carbocycles. The summed E-state index contributed by atoms with van der Waals surface area (Å²) < 4.78 is 4.70. The molecule has 1 aromatic carbocycles. The lowest BCUT2D eigenvalue weighted by atomic mass is 9.99. The first-order chi connectivity index (χ1) is 11.1. The van der Waals surface area contributed by atoms with Crippen molar-refractivity contribution in [2.75, 3.05) is 23.3 Å². The molecule has 0 atom stereocenters. The third kappa shape index (κ3) is 3.80. The van der Waals surface area contributed by atoms with Crippen LogP contribution in [0.2, 0.25) is 0 Å². The SMILES string of the molecule is CC1CCN(c2ccc(NC(=O)c3ccc(=O)oc3)cc2)CC1. The maximum Gasteiger partial charge on any atom is 0.335 e. The number of benzene rings is 1. The molecule has 120 valence electrons. The van der Waals surface area contributed by atoms with Gasteiger partial charge in [0.1, 0.15) is 6.26 Å². The molecular weight excluding hydrogens is 292 g/mol. The van der Waals surface area contributed by atoms with E-state index in [1.807, 2.05) is 24.3 Å². The molecule has 5 heteroatoms. The number of hydrogen-bond acceptors (Lipinski definition) is 4. The topological polar surface area (TPSA) is 62.6 Å². The van der Waals surface area contributed by atoms with Crippen LogP contribution in [0, 0.1) is 5.92 Å². The number of hydrogen-bond donors (Lipinski definition) is 1. The van der Waals surface area contributed by atoms with Crippen LogP contribution in [0.15, 0.2) is 51.9 Å². The molecule has 2 aromatic rings. The Balaban J connectivity index is 1.64. The summed E-state index contributed by atoms with van der Waals surface area (Å²) in [4.78, 5) is 25.3. The van der Waals surface area contributed by atoms with Gasteiger partial charge in [-0.05, 0) is 49.1 Å². The fraction of sp³-hybridized carbons (Fsp3) is 0.333. The summed E-state index contributed by atoms with van der Waals surface area (Å²) in [7, 11) is 0. The lowest BCUT2D eigenvalue weighted by Gasteiger charge is -2.32. The van der Waals surface area contributed by atoms with Crippen molar-refractivity contribution in [1.82, 2.24) is 0 Å². The molecule has 1 saturated heterocycles. The number of piperidine rings is 1. The average molecular weight is 312 g/mol. The summed E-state index contributed by atoms with van der Waals surface area (Å²) in [6, 6.07) is 10.5. The van der Waals surface area contributed by atoms with E-state index in [1.165, 1.54) is 36.9 Å². The second-order valence-electron chi connectivity index (χ2n) is 6.01. The third-order valence-corrected chi connectivity index (χ3v) is 4.24. The summed E-state index contributed by atoms with van der Waals surface area (Å²) in [6.07, 6.45) is 3.61. The normalized spacial score (nSPS) is 15.4. The van der Waals surface area contributed by atoms with Gasteiger partial charge in [-0.25, -0.2) is 4.79 Å². The molecule has 0 saturated carbocycles. The lowest BCUT2D eigenvalue weighted by molar-refractivity contribution is 0.102. The van der Waals surface area contributed by atoms with Crippen molar-refractivity contribution in [2.45, 2.75) is 19.8 Å². The molecule has 0 radical (unpaired) electrons. The highest BCUT2D eigenvalue weighted by Gasteiger charge is 2.16. The Kier molecular flexibility index (Phi) is 4.46. The van der Waals surface area contributed by atoms with Crippen molar-refractivity contribution in [2.24, 2.45) is 5.92 Å². The number of carbonyl (C=O) groups is 1. The minimum atomic E-state index is -0.471. The molecule has 1 N–H and O–H groups in total. The Bertz CT molecular complexity index is 708. The molecule has 1 aromatic heterocycles. The molecule has 23 heavy (non-hydrogen) atoms. The first-order valence-electron chi connectivity index (χ1n) is 7.87. The van der Waals surface area contributed by atoms with Crippen LogP contribution in [-0.2, 0) is 0 Å². The van der Waals surface area contributed by atoms with E-state index in [0.717, 1.165) is 24.7 Å². The second-order valence-corrected chi connectivity index (χ2v) is 6.01. The van der Waals surface area contributed by atoms with Crippen molar-refractivity contribution in [3.63, 3.8) is 0 Å². The zero-order valence-corrected chi connectivity index (χ0v) is 13.1. The number of amides is 1. The Morgan fingerprint density at radius 2 is 1.83 bits per heavy atom. The van der Waals surface area contributed by atoms with E-state index in [2.05, 4.69) is 17.1 Å². The Labute approximate surface area is 134 Å². The van der Waals surface area contributed by atoms with E-state index >= 15 is 0 Å². The molecule has 3 rings (SSSR count). The van der Waals surface area contributed by atoms with Crippen LogP contribution in [0.25, 0.3) is 0 Å². The van der Waals surface area contributed by atoms with Gasteiger partial charge in [0.05, 0.1) is 5.56 Å². The zero-order chi connectivity index (χ0) is 16.2. The van der Waals surface area contributed by atoms with E-state index in [9.17, 15) is 9.59 Å². The van der Waals surface area contributed by atoms with Crippen LogP contribution >= 0.6 is 0 Å². The molecule has 0 bridgehead atoms. The van der Waals surface area contributed by atoms with Crippen LogP contribution in [0.3, 0.4) is 0 Å². The van der Waals surface area contributed by atoms with E-state index in [0.29, 0.717) is 5.56 Å². The molecule has 2 heterocycles. The van der Waals surface area contributed by atoms with E-state index in [-0.39, 0.29) is 5.91 Å². The van der Waals surface area contributed by atoms with Gasteiger partial charge < -0.3 is 14.6 Å². The quantitative estimate of drug-likeness (QED) is 0.946. The van der Waals surface area contributed by atoms with Crippen molar-refractivity contribution in [3.8, 4) is 0 Å². The van der Waals surface area contributed by atoms with Crippen LogP contribution in [0.4, 0.5) is 11.4 Å². The number of nitrogens with one attached hydrogen (secondary N) is 1. The summed E-state index contributed by atoms with van der Waals surface area (Å²) in [5, 5.41) is 2.80. The number of nitrogens with zero attached hydrogens (tertiary/aromatic N) is 1. The van der Waals surface area contributed by atoms with Crippen LogP contribution in [0.1, 0.15) is 30.1 Å². The fourth-order valence-corrected chi connectivity index (χ4v) is 2.71. The smallest absolute Gasteiger partial charge is 0.335 e. The number of carbonyl (C=O) groups excluding carboxylic acids is 1. The highest BCUT2D eigenvalue weighted by molar-refractivity contribution is 6.03. The summed E-state index contributed by atoms with van der Waals surface area (Å²) >= 11 is 0. The van der Waals surface area contributed by atoms with Gasteiger partial charge in [-0.15, -0.1) is 0 Å². The van der Waals surface area contributed by atoms with E-state index in [4.69, 9.17) is 4.42 Å². The molecular formula is C18H20N2O3. The fourth-order valence-electron chi connectivity index (χ4n) is 2.71. The van der Waals surface area contributed by atoms with Crippen LogP contribution in [-0.4, -0.2) is 19.0 Å². The maximum atomic E-state index is 12.1. The molecule has 0 unspecified atom stereocenters. The molecule has 1 amide bonds. The van der Waals surface area contributed by atoms with Crippen LogP contribution in [0.5, 0.6) is 0 Å². The number of anilines is 2. The monoisotopic (exact) mass is 312 g/mol. The average Bonchev–Trinajstić information content (AvgIpc) is 2.57. The predicted octanol–water partition coefficient (Wildman–Crippen LogP) is 3.13. The molecule has 1 aliphatic rings. The second kappa shape index (κ2) is 6.69. The third-order valence-electron chi connectivity index (χ3n) is 4.24. The maximum absolute atomic E-state index is 12.1. The van der Waals surface area contributed by atoms with Gasteiger partial charge >= 0.3 is 5.63 Å². The Morgan fingerprint density at radius 3 is 2.43 bits per heavy atom. The van der Waals surface area contributed by atoms with Crippen molar-refractivity contribution < 1.29 is 9.21 Å². The van der Waals surface area contributed by atoms with E-state index < -0.39 is 5.63 Å². The Hall–Kier alpha value is -2.56. The first-order valence-corrected chi connectivity index (χ1v) is 7.87. The van der Waals surface area contributed by atoms with E-state index in [1.54, 1.807) is 0 Å². The zero-order valence-electron chi connectivity index (χ0n) is 13.1. The molecule has 1 aliphatic heterocycles. The van der Waals surface area contributed by atoms with Gasteiger partial charge in [0, 0.05) is 30.5 Å².